The van der Waals surface area contributed by atoms with Crippen molar-refractivity contribution >= 4 is 34.0 Å². The fraction of sp³-hybridized carbons (Fsp3) is 0.320. The highest BCUT2D eigenvalue weighted by Gasteiger charge is 2.14. The number of anilines is 1. The number of aliphatic hydroxyl groups is 2. The molecule has 1 aromatic heterocycles. The third-order valence-corrected chi connectivity index (χ3v) is 6.52. The van der Waals surface area contributed by atoms with Crippen molar-refractivity contribution in [3.8, 4) is 17.4 Å². The maximum atomic E-state index is 9.51. The summed E-state index contributed by atoms with van der Waals surface area (Å²) in [6, 6.07) is 18.7. The summed E-state index contributed by atoms with van der Waals surface area (Å²) in [7, 11) is 0. The van der Waals surface area contributed by atoms with E-state index in [0.29, 0.717) is 16.2 Å². The number of benzene rings is 2. The Bertz CT molecular complexity index is 1180. The van der Waals surface area contributed by atoms with Crippen LogP contribution in [0.5, 0.6) is 0 Å². The molecule has 33 heavy (non-hydrogen) atoms. The number of morpholine rings is 1. The molecule has 0 amide bonds. The van der Waals surface area contributed by atoms with E-state index in [4.69, 9.17) is 14.3 Å². The average Bonchev–Trinajstić information content (AvgIpc) is 3.36. The van der Waals surface area contributed by atoms with Crippen molar-refractivity contribution < 1.29 is 19.4 Å². The molecule has 1 fully saturated rings. The molecule has 1 aliphatic heterocycles. The van der Waals surface area contributed by atoms with Gasteiger partial charge in [-0.2, -0.15) is 5.26 Å². The number of fused-ring (bicyclic) bond motifs is 1. The Morgan fingerprint density at radius 2 is 1.91 bits per heavy atom. The number of ether oxygens (including phenoxy) is 1. The van der Waals surface area contributed by atoms with E-state index in [1.807, 2.05) is 25.1 Å². The molecule has 2 aromatic carbocycles. The van der Waals surface area contributed by atoms with E-state index in [1.54, 1.807) is 0 Å². The van der Waals surface area contributed by atoms with E-state index < -0.39 is 6.10 Å². The highest BCUT2D eigenvalue weighted by atomic mass is 32.2. The molecule has 172 valence electrons. The summed E-state index contributed by atoms with van der Waals surface area (Å²) >= 11 is 1.11. The Labute approximate surface area is 197 Å². The van der Waals surface area contributed by atoms with Gasteiger partial charge in [0.25, 0.3) is 0 Å². The SMILES string of the molecule is C/C(=C(/C#N)SNCC(O)CO)c1ccc(-c2ccc3cc(N4CCOCC4)ccc3c2)o1. The maximum Gasteiger partial charge on any atom is 0.134 e. The molecule has 2 heterocycles. The Balaban J connectivity index is 1.52. The zero-order valence-electron chi connectivity index (χ0n) is 18.5. The van der Waals surface area contributed by atoms with Gasteiger partial charge in [0, 0.05) is 36.5 Å². The predicted molar refractivity (Wildman–Crippen MR) is 132 cm³/mol. The summed E-state index contributed by atoms with van der Waals surface area (Å²) in [5, 5.41) is 30.1. The number of aliphatic hydroxyl groups excluding tert-OH is 2. The van der Waals surface area contributed by atoms with E-state index in [2.05, 4.69) is 46.0 Å². The van der Waals surface area contributed by atoms with Crippen molar-refractivity contribution in [1.29, 1.82) is 5.26 Å². The van der Waals surface area contributed by atoms with E-state index in [-0.39, 0.29) is 13.2 Å². The zero-order valence-corrected chi connectivity index (χ0v) is 19.3. The topological polar surface area (TPSA) is 102 Å². The van der Waals surface area contributed by atoms with Gasteiger partial charge in [-0.05, 0) is 60.0 Å². The van der Waals surface area contributed by atoms with Gasteiger partial charge in [-0.15, -0.1) is 0 Å². The van der Waals surface area contributed by atoms with Crippen LogP contribution in [0.3, 0.4) is 0 Å². The molecule has 0 spiro atoms. The predicted octanol–water partition coefficient (Wildman–Crippen LogP) is 3.78. The minimum absolute atomic E-state index is 0.174. The number of nitrogens with one attached hydrogen (secondary N) is 1. The number of furan rings is 1. The summed E-state index contributed by atoms with van der Waals surface area (Å²) in [5.74, 6) is 1.34. The van der Waals surface area contributed by atoms with Crippen molar-refractivity contribution in [2.24, 2.45) is 0 Å². The number of nitrogens with zero attached hydrogens (tertiary/aromatic N) is 2. The minimum Gasteiger partial charge on any atom is -0.456 e. The largest absolute Gasteiger partial charge is 0.456 e. The normalized spacial score (nSPS) is 15.9. The minimum atomic E-state index is -0.870. The molecule has 0 saturated carbocycles. The highest BCUT2D eigenvalue weighted by molar-refractivity contribution is 8.01. The molecular formula is C25H27N3O4S. The van der Waals surface area contributed by atoms with Crippen LogP contribution in [0.15, 0.2) is 57.9 Å². The first-order chi connectivity index (χ1) is 16.1. The molecule has 0 bridgehead atoms. The molecule has 3 N–H and O–H groups in total. The Hall–Kier alpha value is -2.80. The quantitative estimate of drug-likeness (QED) is 0.341. The number of rotatable bonds is 8. The van der Waals surface area contributed by atoms with Gasteiger partial charge in [0.05, 0.1) is 25.9 Å². The lowest BCUT2D eigenvalue weighted by molar-refractivity contribution is 0.0994. The molecule has 1 saturated heterocycles. The maximum absolute atomic E-state index is 9.51. The van der Waals surface area contributed by atoms with E-state index in [0.717, 1.165) is 55.0 Å². The lowest BCUT2D eigenvalue weighted by Gasteiger charge is -2.29. The van der Waals surface area contributed by atoms with Crippen molar-refractivity contribution in [3.63, 3.8) is 0 Å². The molecule has 1 atom stereocenters. The molecule has 7 nitrogen and oxygen atoms in total. The van der Waals surface area contributed by atoms with Gasteiger partial charge in [0.1, 0.15) is 22.5 Å². The molecular weight excluding hydrogens is 438 g/mol. The first-order valence-corrected chi connectivity index (χ1v) is 11.7. The van der Waals surface area contributed by atoms with E-state index >= 15 is 0 Å². The van der Waals surface area contributed by atoms with Crippen LogP contribution in [-0.2, 0) is 4.74 Å². The fourth-order valence-corrected chi connectivity index (χ4v) is 4.39. The number of allylic oxidation sites excluding steroid dienone is 2. The molecule has 0 aliphatic carbocycles. The number of nitriles is 1. The van der Waals surface area contributed by atoms with Gasteiger partial charge in [0.2, 0.25) is 0 Å². The van der Waals surface area contributed by atoms with E-state index in [9.17, 15) is 10.4 Å². The first-order valence-electron chi connectivity index (χ1n) is 10.9. The Morgan fingerprint density at radius 3 is 2.67 bits per heavy atom. The smallest absolute Gasteiger partial charge is 0.134 e. The van der Waals surface area contributed by atoms with Gasteiger partial charge in [-0.3, -0.25) is 4.72 Å². The van der Waals surface area contributed by atoms with Crippen LogP contribution in [0, 0.1) is 11.3 Å². The second kappa shape index (κ2) is 10.9. The van der Waals surface area contributed by atoms with Crippen LogP contribution in [0.2, 0.25) is 0 Å². The van der Waals surface area contributed by atoms with Gasteiger partial charge in [-0.1, -0.05) is 18.2 Å². The second-order valence-corrected chi connectivity index (χ2v) is 8.76. The molecule has 1 aliphatic rings. The lowest BCUT2D eigenvalue weighted by atomic mass is 10.0. The molecule has 3 aromatic rings. The number of hydrogen-bond acceptors (Lipinski definition) is 8. The molecule has 0 radical (unpaired) electrons. The van der Waals surface area contributed by atoms with Crippen molar-refractivity contribution in [2.75, 3.05) is 44.4 Å². The number of hydrogen-bond donors (Lipinski definition) is 3. The summed E-state index contributed by atoms with van der Waals surface area (Å²) in [6.45, 7) is 5.01. The molecule has 1 unspecified atom stereocenters. The van der Waals surface area contributed by atoms with Gasteiger partial charge < -0.3 is 24.3 Å². The summed E-state index contributed by atoms with van der Waals surface area (Å²) in [6.07, 6.45) is -0.870. The van der Waals surface area contributed by atoms with Crippen LogP contribution in [-0.4, -0.2) is 55.8 Å². The summed E-state index contributed by atoms with van der Waals surface area (Å²) in [4.78, 5) is 2.78. The summed E-state index contributed by atoms with van der Waals surface area (Å²) < 4.78 is 14.4. The zero-order chi connectivity index (χ0) is 23.2. The second-order valence-electron chi connectivity index (χ2n) is 7.86. The van der Waals surface area contributed by atoms with Crippen molar-refractivity contribution in [1.82, 2.24) is 4.72 Å². The third kappa shape index (κ3) is 5.58. The van der Waals surface area contributed by atoms with Crippen molar-refractivity contribution in [3.05, 3.63) is 59.2 Å². The van der Waals surface area contributed by atoms with E-state index in [1.165, 1.54) is 11.1 Å². The third-order valence-electron chi connectivity index (χ3n) is 5.61. The summed E-state index contributed by atoms with van der Waals surface area (Å²) in [5.41, 5.74) is 2.88. The fourth-order valence-electron chi connectivity index (χ4n) is 3.67. The van der Waals surface area contributed by atoms with Crippen LogP contribution in [0.1, 0.15) is 12.7 Å². The van der Waals surface area contributed by atoms with Crippen LogP contribution >= 0.6 is 11.9 Å². The lowest BCUT2D eigenvalue weighted by Crippen LogP contribution is -2.36. The Morgan fingerprint density at radius 1 is 1.15 bits per heavy atom. The van der Waals surface area contributed by atoms with Gasteiger partial charge >= 0.3 is 0 Å². The Kier molecular flexibility index (Phi) is 7.70. The highest BCUT2D eigenvalue weighted by Crippen LogP contribution is 2.32. The van der Waals surface area contributed by atoms with Crippen LogP contribution in [0.25, 0.3) is 27.7 Å². The standard InChI is InChI=1S/C25H27N3O4S/c1-17(25(14-26)33-27-15-22(30)16-29)23-6-7-24(32-23)20-3-2-19-13-21(5-4-18(19)12-20)28-8-10-31-11-9-28/h2-7,12-13,22,27,29-30H,8-11,15-16H2,1H3/b25-17+. The molecule has 4 rings (SSSR count). The average molecular weight is 466 g/mol. The van der Waals surface area contributed by atoms with Gasteiger partial charge in [-0.25, -0.2) is 0 Å². The molecule has 8 heteroatoms. The van der Waals surface area contributed by atoms with Crippen LogP contribution < -0.4 is 9.62 Å². The van der Waals surface area contributed by atoms with Gasteiger partial charge in [0.15, 0.2) is 0 Å². The van der Waals surface area contributed by atoms with Crippen molar-refractivity contribution in [2.45, 2.75) is 13.0 Å². The van der Waals surface area contributed by atoms with Crippen LogP contribution in [0.4, 0.5) is 5.69 Å². The monoisotopic (exact) mass is 465 g/mol. The first kappa shape index (κ1) is 23.4.